The molecule has 9 nitrogen and oxygen atoms in total. The van der Waals surface area contributed by atoms with Gasteiger partial charge in [0.05, 0.1) is 0 Å². The fourth-order valence-electron chi connectivity index (χ4n) is 9.16. The van der Waals surface area contributed by atoms with Crippen LogP contribution in [0.3, 0.4) is 0 Å². The van der Waals surface area contributed by atoms with Crippen LogP contribution in [-0.4, -0.2) is 15.0 Å². The molecule has 0 fully saturated rings. The number of rotatable bonds is 9. The highest BCUT2D eigenvalue weighted by atomic mass is 16.6. The Morgan fingerprint density at radius 3 is 0.750 bits per heavy atom. The molecule has 0 N–H and O–H groups in total. The normalized spacial score (nSPS) is 13.1. The molecule has 13 rings (SSSR count). The average Bonchev–Trinajstić information content (AvgIpc) is 3.47. The third kappa shape index (κ3) is 8.06. The molecule has 72 heavy (non-hydrogen) atoms. The zero-order chi connectivity index (χ0) is 47.8. The molecule has 0 atom stereocenters. The minimum atomic E-state index is 0.538. The minimum absolute atomic E-state index is 0.538. The first-order chi connectivity index (χ1) is 35.6. The molecular weight excluding hydrogens is 895 g/mol. The highest BCUT2D eigenvalue weighted by Gasteiger charge is 2.22. The summed E-state index contributed by atoms with van der Waals surface area (Å²) in [5.41, 5.74) is 14.1. The van der Waals surface area contributed by atoms with Gasteiger partial charge in [0.2, 0.25) is 0 Å². The molecule has 7 aromatic carbocycles. The number of benzene rings is 7. The van der Waals surface area contributed by atoms with E-state index in [1.54, 1.807) is 18.8 Å². The van der Waals surface area contributed by atoms with Gasteiger partial charge >= 0.3 is 0 Å². The number of fused-ring (bicyclic) bond motifs is 3. The Balaban J connectivity index is 0.892. The summed E-state index contributed by atoms with van der Waals surface area (Å²) in [7, 11) is 0. The van der Waals surface area contributed by atoms with Gasteiger partial charge in [0.25, 0.3) is 0 Å². The van der Waals surface area contributed by atoms with Crippen LogP contribution in [0.2, 0.25) is 0 Å². The predicted octanol–water partition coefficient (Wildman–Crippen LogP) is 15.2. The van der Waals surface area contributed by atoms with Gasteiger partial charge in [0, 0.05) is 35.3 Å². The van der Waals surface area contributed by atoms with Gasteiger partial charge < -0.3 is 28.4 Å². The van der Waals surface area contributed by atoms with Gasteiger partial charge in [-0.3, -0.25) is 15.0 Å². The van der Waals surface area contributed by atoms with Crippen LogP contribution >= 0.6 is 0 Å². The van der Waals surface area contributed by atoms with Gasteiger partial charge in [-0.25, -0.2) is 0 Å². The van der Waals surface area contributed by atoms with Crippen molar-refractivity contribution in [2.75, 3.05) is 0 Å². The summed E-state index contributed by atoms with van der Waals surface area (Å²) < 4.78 is 36.2. The number of ether oxygens (including phenoxy) is 6. The number of aromatic nitrogens is 3. The summed E-state index contributed by atoms with van der Waals surface area (Å²) in [6.45, 7) is 0. The molecule has 3 aliphatic rings. The maximum absolute atomic E-state index is 6.18. The van der Waals surface area contributed by atoms with E-state index in [1.807, 2.05) is 110 Å². The summed E-state index contributed by atoms with van der Waals surface area (Å²) in [6.07, 6.45) is 10.5. The van der Waals surface area contributed by atoms with Gasteiger partial charge in [-0.2, -0.15) is 0 Å². The van der Waals surface area contributed by atoms with Gasteiger partial charge in [0.1, 0.15) is 35.9 Å². The van der Waals surface area contributed by atoms with E-state index in [0.717, 1.165) is 66.8 Å². The lowest BCUT2D eigenvalue weighted by Gasteiger charge is -2.19. The number of hydrogen-bond acceptors (Lipinski definition) is 9. The number of hydrogen-bond donors (Lipinski definition) is 0. The summed E-state index contributed by atoms with van der Waals surface area (Å²) in [4.78, 5) is 14.6. The second kappa shape index (κ2) is 18.2. The van der Waals surface area contributed by atoms with Crippen molar-refractivity contribution in [1.29, 1.82) is 0 Å². The first kappa shape index (κ1) is 42.1. The highest BCUT2D eigenvalue weighted by Crippen LogP contribution is 2.44. The third-order valence-electron chi connectivity index (χ3n) is 12.7. The molecule has 0 amide bonds. The molecular formula is C63H39N3O6. The summed E-state index contributed by atoms with van der Waals surface area (Å²) in [5.74, 6) is 5.55. The van der Waals surface area contributed by atoms with Gasteiger partial charge in [-0.05, 0) is 123 Å². The van der Waals surface area contributed by atoms with Crippen molar-refractivity contribution in [3.05, 3.63) is 255 Å². The quantitative estimate of drug-likeness (QED) is 0.140. The fraction of sp³-hybridized carbons (Fsp3) is 0. The second-order valence-electron chi connectivity index (χ2n) is 17.2. The van der Waals surface area contributed by atoms with E-state index in [-0.39, 0.29) is 0 Å². The van der Waals surface area contributed by atoms with Gasteiger partial charge in [-0.15, -0.1) is 0 Å². The number of nitrogens with zero attached hydrogens (tertiary/aromatic N) is 3. The molecule has 3 aromatic heterocycles. The van der Waals surface area contributed by atoms with Crippen molar-refractivity contribution in [1.82, 2.24) is 15.0 Å². The number of para-hydroxylation sites is 6. The molecule has 0 radical (unpaired) electrons. The molecule has 6 heterocycles. The maximum Gasteiger partial charge on any atom is 0.188 e. The van der Waals surface area contributed by atoms with Crippen molar-refractivity contribution in [2.45, 2.75) is 0 Å². The fourth-order valence-corrected chi connectivity index (χ4v) is 9.16. The van der Waals surface area contributed by atoms with Crippen LogP contribution in [0.25, 0.3) is 84.0 Å². The summed E-state index contributed by atoms with van der Waals surface area (Å²) in [6, 6.07) is 67.0. The van der Waals surface area contributed by atoms with Crippen LogP contribution in [-0.2, 0) is 0 Å². The lowest BCUT2D eigenvalue weighted by atomic mass is 9.86. The van der Waals surface area contributed by atoms with Crippen LogP contribution < -0.4 is 28.4 Å². The van der Waals surface area contributed by atoms with Crippen molar-refractivity contribution < 1.29 is 28.4 Å². The van der Waals surface area contributed by atoms with E-state index < -0.39 is 0 Å². The zero-order valence-corrected chi connectivity index (χ0v) is 38.3. The molecule has 9 heteroatoms. The first-order valence-corrected chi connectivity index (χ1v) is 23.4. The van der Waals surface area contributed by atoms with Crippen molar-refractivity contribution in [3.63, 3.8) is 0 Å². The average molecular weight is 934 g/mol. The third-order valence-corrected chi connectivity index (χ3v) is 12.7. The molecule has 0 aliphatic carbocycles. The standard InChI is InChI=1S/C63H39N3O6/c1-4-16-49(46(13-1)40-25-28-52(64-34-40)61-37-67-55-19-7-10-22-58(55)70-61)43-31-44(50-17-5-2-14-47(50)41-26-29-53(65-35-41)62-38-68-56-20-8-11-23-59(56)71-62)33-45(32-43)51-18-6-3-15-48(51)42-27-30-54(66-36-42)63-39-69-57-21-9-12-24-60(57)72-63/h1-39H. The Bertz CT molecular complexity index is 3400. The summed E-state index contributed by atoms with van der Waals surface area (Å²) >= 11 is 0. The van der Waals surface area contributed by atoms with E-state index in [2.05, 4.69) is 109 Å². The van der Waals surface area contributed by atoms with Crippen LogP contribution in [0.4, 0.5) is 0 Å². The lowest BCUT2D eigenvalue weighted by molar-refractivity contribution is 0.382. The topological polar surface area (TPSA) is 94.1 Å². The van der Waals surface area contributed by atoms with Gasteiger partial charge in [0.15, 0.2) is 51.8 Å². The molecule has 3 aliphatic heterocycles. The monoisotopic (exact) mass is 933 g/mol. The van der Waals surface area contributed by atoms with E-state index >= 15 is 0 Å². The molecule has 0 unspecified atom stereocenters. The molecule has 342 valence electrons. The Kier molecular flexibility index (Phi) is 10.6. The van der Waals surface area contributed by atoms with Crippen molar-refractivity contribution >= 4 is 17.3 Å². The predicted molar refractivity (Wildman–Crippen MR) is 279 cm³/mol. The molecule has 0 saturated carbocycles. The Hall–Kier alpha value is -9.99. The summed E-state index contributed by atoms with van der Waals surface area (Å²) in [5, 5.41) is 0. The van der Waals surface area contributed by atoms with Crippen molar-refractivity contribution in [2.24, 2.45) is 0 Å². The van der Waals surface area contributed by atoms with Crippen molar-refractivity contribution in [3.8, 4) is 101 Å². The zero-order valence-electron chi connectivity index (χ0n) is 38.3. The van der Waals surface area contributed by atoms with Crippen LogP contribution in [0.15, 0.2) is 238 Å². The number of pyridine rings is 3. The smallest absolute Gasteiger partial charge is 0.188 e. The van der Waals surface area contributed by atoms with Crippen LogP contribution in [0, 0.1) is 0 Å². The maximum atomic E-state index is 6.18. The van der Waals surface area contributed by atoms with E-state index in [9.17, 15) is 0 Å². The van der Waals surface area contributed by atoms with E-state index in [1.165, 1.54) is 0 Å². The molecule has 0 spiro atoms. The lowest BCUT2D eigenvalue weighted by Crippen LogP contribution is -2.05. The first-order valence-electron chi connectivity index (χ1n) is 23.4. The second-order valence-corrected chi connectivity index (χ2v) is 17.2. The van der Waals surface area contributed by atoms with Gasteiger partial charge in [-0.1, -0.05) is 127 Å². The molecule has 10 aromatic rings. The minimum Gasteiger partial charge on any atom is -0.457 e. The largest absolute Gasteiger partial charge is 0.457 e. The Morgan fingerprint density at radius 2 is 0.486 bits per heavy atom. The molecule has 0 bridgehead atoms. The van der Waals surface area contributed by atoms with E-state index in [4.69, 9.17) is 43.4 Å². The van der Waals surface area contributed by atoms with Crippen LogP contribution in [0.5, 0.6) is 34.5 Å². The Morgan fingerprint density at radius 1 is 0.236 bits per heavy atom. The SMILES string of the molecule is C1=C(c2ccc(-c3ccccc3-c3cc(-c4ccccc4-c4ccc(C5=COc6ccccc6O5)nc4)cc(-c4ccccc4-c4ccc(C5=COc6ccccc6O5)nc4)c3)cn2)Oc2ccccc2O1. The van der Waals surface area contributed by atoms with E-state index in [0.29, 0.717) is 68.9 Å². The molecule has 0 saturated heterocycles. The van der Waals surface area contributed by atoms with Crippen LogP contribution in [0.1, 0.15) is 17.1 Å². The highest BCUT2D eigenvalue weighted by molar-refractivity contribution is 5.94. The Labute approximate surface area is 414 Å².